The molecule has 4 nitrogen and oxygen atoms in total. The molecule has 0 saturated heterocycles. The average molecular weight is 147 g/mol. The highest BCUT2D eigenvalue weighted by atomic mass is 16.5. The maximum Gasteiger partial charge on any atom is 0.236 e. The summed E-state index contributed by atoms with van der Waals surface area (Å²) in [6.45, 7) is 0. The molecule has 0 saturated carbocycles. The van der Waals surface area contributed by atoms with Crippen LogP contribution < -0.4 is 0 Å². The van der Waals surface area contributed by atoms with Gasteiger partial charge < -0.3 is 4.52 Å². The second kappa shape index (κ2) is 4.01. The van der Waals surface area contributed by atoms with Crippen LogP contribution in [0.15, 0.2) is 35.0 Å². The van der Waals surface area contributed by atoms with Gasteiger partial charge >= 0.3 is 0 Å². The molecule has 0 aliphatic carbocycles. The largest absolute Gasteiger partial charge is 0.328 e. The molecule has 11 heavy (non-hydrogen) atoms. The van der Waals surface area contributed by atoms with Gasteiger partial charge in [0.15, 0.2) is 0 Å². The fraction of sp³-hybridized carbons (Fsp3) is 0. The molecule has 1 rings (SSSR count). The van der Waals surface area contributed by atoms with E-state index in [4.69, 9.17) is 5.26 Å². The van der Waals surface area contributed by atoms with Crippen LogP contribution in [0.1, 0.15) is 5.76 Å². The number of rotatable bonds is 0. The maximum absolute atomic E-state index is 8.40. The Morgan fingerprint density at radius 3 is 3.09 bits per heavy atom. The third-order valence-electron chi connectivity index (χ3n) is 0.919. The van der Waals surface area contributed by atoms with Gasteiger partial charge in [-0.3, -0.25) is 0 Å². The minimum absolute atomic E-state index is 0.119. The lowest BCUT2D eigenvalue weighted by atomic mass is 10.4. The van der Waals surface area contributed by atoms with Crippen LogP contribution in [0.5, 0.6) is 0 Å². The van der Waals surface area contributed by atoms with E-state index in [2.05, 4.69) is 14.9 Å². The zero-order valence-corrected chi connectivity index (χ0v) is 5.64. The first-order valence-corrected chi connectivity index (χ1v) is 2.94. The van der Waals surface area contributed by atoms with Gasteiger partial charge in [0.1, 0.15) is 6.07 Å². The number of nitriles is 1. The molecule has 1 heterocycles. The highest BCUT2D eigenvalue weighted by Crippen LogP contribution is 1.87. The Balaban J connectivity index is 3.20. The Kier molecular flexibility index (Phi) is 2.63. The molecule has 0 radical (unpaired) electrons. The first-order chi connectivity index (χ1) is 5.43. The minimum atomic E-state index is 0.119. The number of hydrogen-bond donors (Lipinski definition) is 0. The van der Waals surface area contributed by atoms with E-state index in [9.17, 15) is 0 Å². The summed E-state index contributed by atoms with van der Waals surface area (Å²) in [7, 11) is 0. The summed E-state index contributed by atoms with van der Waals surface area (Å²) < 4.78 is 4.57. The van der Waals surface area contributed by atoms with Crippen LogP contribution in [0, 0.1) is 11.3 Å². The summed E-state index contributed by atoms with van der Waals surface area (Å²) in [5.41, 5.74) is 0. The van der Waals surface area contributed by atoms with Crippen molar-refractivity contribution in [3.8, 4) is 6.07 Å². The molecule has 0 amide bonds. The van der Waals surface area contributed by atoms with Gasteiger partial charge in [-0.1, -0.05) is 12.1 Å². The minimum Gasteiger partial charge on any atom is -0.328 e. The zero-order chi connectivity index (χ0) is 7.94. The van der Waals surface area contributed by atoms with Crippen LogP contribution in [0.3, 0.4) is 0 Å². The van der Waals surface area contributed by atoms with Gasteiger partial charge in [-0.15, -0.1) is 5.10 Å². The van der Waals surface area contributed by atoms with Gasteiger partial charge in [-0.05, 0) is 12.1 Å². The fourth-order valence-corrected chi connectivity index (χ4v) is 0.478. The van der Waals surface area contributed by atoms with Gasteiger partial charge in [0.05, 0.1) is 6.20 Å². The average Bonchev–Trinajstić information content (AvgIpc) is 2.16. The zero-order valence-electron chi connectivity index (χ0n) is 5.64. The molecule has 54 valence electrons. The maximum atomic E-state index is 8.40. The lowest BCUT2D eigenvalue weighted by molar-refractivity contribution is 0.358. The van der Waals surface area contributed by atoms with Crippen molar-refractivity contribution >= 4 is 0 Å². The highest BCUT2D eigenvalue weighted by Gasteiger charge is 1.82. The van der Waals surface area contributed by atoms with Crippen LogP contribution in [-0.4, -0.2) is 10.4 Å². The van der Waals surface area contributed by atoms with Crippen molar-refractivity contribution in [2.75, 3.05) is 0 Å². The Morgan fingerprint density at radius 2 is 2.27 bits per heavy atom. The van der Waals surface area contributed by atoms with Crippen molar-refractivity contribution in [3.63, 3.8) is 0 Å². The van der Waals surface area contributed by atoms with E-state index in [1.165, 1.54) is 12.3 Å². The van der Waals surface area contributed by atoms with E-state index in [-0.39, 0.29) is 5.76 Å². The SMILES string of the molecule is N#Cc1cccccnno1. The van der Waals surface area contributed by atoms with Crippen LogP contribution >= 0.6 is 0 Å². The van der Waals surface area contributed by atoms with Crippen molar-refractivity contribution in [1.29, 1.82) is 5.26 Å². The lowest BCUT2D eigenvalue weighted by Gasteiger charge is -1.72. The lowest BCUT2D eigenvalue weighted by Crippen LogP contribution is -1.71. The molecule has 0 bridgehead atoms. The summed E-state index contributed by atoms with van der Waals surface area (Å²) in [4.78, 5) is 0. The quantitative estimate of drug-likeness (QED) is 0.550. The van der Waals surface area contributed by atoms with Crippen molar-refractivity contribution in [3.05, 3.63) is 36.2 Å². The molecule has 0 aromatic carbocycles. The van der Waals surface area contributed by atoms with Gasteiger partial charge in [0.25, 0.3) is 0 Å². The summed E-state index contributed by atoms with van der Waals surface area (Å²) in [5, 5.41) is 15.1. The molecule has 1 aromatic rings. The molecule has 0 fully saturated rings. The topological polar surface area (TPSA) is 62.7 Å². The van der Waals surface area contributed by atoms with Crippen molar-refractivity contribution in [2.45, 2.75) is 0 Å². The molecule has 0 unspecified atom stereocenters. The Morgan fingerprint density at radius 1 is 1.36 bits per heavy atom. The third kappa shape index (κ3) is 2.45. The molecule has 1 aromatic heterocycles. The first-order valence-electron chi connectivity index (χ1n) is 2.94. The highest BCUT2D eigenvalue weighted by molar-refractivity contribution is 5.12. The molecular weight excluding hydrogens is 142 g/mol. The van der Waals surface area contributed by atoms with Gasteiger partial charge in [-0.25, -0.2) is 0 Å². The molecule has 0 aliphatic heterocycles. The summed E-state index contributed by atoms with van der Waals surface area (Å²) >= 11 is 0. The molecule has 0 N–H and O–H groups in total. The van der Waals surface area contributed by atoms with E-state index in [1.807, 2.05) is 0 Å². The first kappa shape index (κ1) is 7.22. The summed E-state index contributed by atoms with van der Waals surface area (Å²) in [6, 6.07) is 8.40. The van der Waals surface area contributed by atoms with Crippen molar-refractivity contribution in [2.24, 2.45) is 0 Å². The predicted octanol–water partition coefficient (Wildman–Crippen LogP) is 1.07. The standard InChI is InChI=1S/C7H5N3O/c8-6-7-4-2-1-3-5-9-10-11-7/h1-5H. The van der Waals surface area contributed by atoms with E-state index in [0.717, 1.165) is 0 Å². The Hall–Kier alpha value is -1.89. The van der Waals surface area contributed by atoms with E-state index in [0.29, 0.717) is 0 Å². The van der Waals surface area contributed by atoms with Crippen LogP contribution in [0.2, 0.25) is 0 Å². The predicted molar refractivity (Wildman–Crippen MR) is 36.6 cm³/mol. The second-order valence-electron chi connectivity index (χ2n) is 1.66. The Labute approximate surface area is 63.4 Å². The molecule has 4 heteroatoms. The van der Waals surface area contributed by atoms with Crippen molar-refractivity contribution in [1.82, 2.24) is 10.4 Å². The van der Waals surface area contributed by atoms with Crippen LogP contribution in [0.4, 0.5) is 0 Å². The van der Waals surface area contributed by atoms with Crippen molar-refractivity contribution < 1.29 is 4.52 Å². The molecule has 0 spiro atoms. The van der Waals surface area contributed by atoms with Gasteiger partial charge in [0, 0.05) is 5.27 Å². The van der Waals surface area contributed by atoms with Gasteiger partial charge in [-0.2, -0.15) is 5.26 Å². The molecular formula is C7H5N3O. The molecule has 0 aliphatic rings. The summed E-state index contributed by atoms with van der Waals surface area (Å²) in [5.74, 6) is 0.119. The third-order valence-corrected chi connectivity index (χ3v) is 0.919. The summed E-state index contributed by atoms with van der Waals surface area (Å²) in [6.07, 6.45) is 1.46. The smallest absolute Gasteiger partial charge is 0.236 e. The fourth-order valence-electron chi connectivity index (χ4n) is 0.478. The Bertz CT molecular complexity index is 288. The number of nitrogens with zero attached hydrogens (tertiary/aromatic N) is 3. The monoisotopic (exact) mass is 147 g/mol. The normalized spacial score (nSPS) is 7.91. The van der Waals surface area contributed by atoms with Crippen LogP contribution in [0.25, 0.3) is 0 Å². The van der Waals surface area contributed by atoms with E-state index < -0.39 is 0 Å². The number of aromatic nitrogens is 2. The number of hydrogen-bond acceptors (Lipinski definition) is 4. The van der Waals surface area contributed by atoms with Crippen LogP contribution in [-0.2, 0) is 0 Å². The molecule has 0 atom stereocenters. The van der Waals surface area contributed by atoms with E-state index >= 15 is 0 Å². The second-order valence-corrected chi connectivity index (χ2v) is 1.66. The van der Waals surface area contributed by atoms with E-state index in [1.54, 1.807) is 24.3 Å². The van der Waals surface area contributed by atoms with Gasteiger partial charge in [0.2, 0.25) is 5.76 Å².